The molecule has 35 heavy (non-hydrogen) atoms. The number of aliphatic hydroxyl groups is 1. The predicted molar refractivity (Wildman–Crippen MR) is 142 cm³/mol. The fourth-order valence-electron chi connectivity index (χ4n) is 9.75. The molecule has 0 amide bonds. The Morgan fingerprint density at radius 3 is 2.40 bits per heavy atom. The van der Waals surface area contributed by atoms with Gasteiger partial charge in [-0.15, -0.1) is 0 Å². The molecule has 0 radical (unpaired) electrons. The van der Waals surface area contributed by atoms with E-state index in [1.807, 2.05) is 0 Å². The van der Waals surface area contributed by atoms with E-state index in [0.717, 1.165) is 44.2 Å². The molecule has 4 fully saturated rings. The number of fused-ring (bicyclic) bond motifs is 5. The quantitative estimate of drug-likeness (QED) is 0.308. The molecule has 4 aliphatic rings. The summed E-state index contributed by atoms with van der Waals surface area (Å²) in [5, 5.41) is 18.8. The number of esters is 1. The highest BCUT2D eigenvalue weighted by molar-refractivity contribution is 5.69. The highest BCUT2D eigenvalue weighted by atomic mass is 16.5. The Morgan fingerprint density at radius 2 is 1.69 bits per heavy atom. The standard InChI is InChI=1S/C30H54N2O3/c1-19(2)31-15-16-32-21-11-13-30(5)25-12-14-29(4)23(20(3)7-10-28(34)35-6)8-9-24(29)22(25)18-27(33)26(30)17-21/h19-27,31-33H,7-18H2,1-6H3/t20-,21-,22?,23-,24?,25?,26-,27-,29-,30-/m1/s1. The summed E-state index contributed by atoms with van der Waals surface area (Å²) >= 11 is 0. The Labute approximate surface area is 214 Å². The lowest BCUT2D eigenvalue weighted by Gasteiger charge is -2.62. The smallest absolute Gasteiger partial charge is 0.305 e. The summed E-state index contributed by atoms with van der Waals surface area (Å²) in [6.07, 6.45) is 11.2. The van der Waals surface area contributed by atoms with Crippen LogP contribution in [-0.4, -0.2) is 49.5 Å². The van der Waals surface area contributed by atoms with Crippen molar-refractivity contribution in [2.24, 2.45) is 46.3 Å². The van der Waals surface area contributed by atoms with Gasteiger partial charge in [0, 0.05) is 31.6 Å². The molecular weight excluding hydrogens is 436 g/mol. The van der Waals surface area contributed by atoms with Crippen LogP contribution in [0.4, 0.5) is 0 Å². The molecule has 3 unspecified atom stereocenters. The van der Waals surface area contributed by atoms with Gasteiger partial charge in [0.05, 0.1) is 13.2 Å². The monoisotopic (exact) mass is 490 g/mol. The lowest BCUT2D eigenvalue weighted by atomic mass is 9.43. The van der Waals surface area contributed by atoms with Crippen molar-refractivity contribution < 1.29 is 14.6 Å². The first-order valence-electron chi connectivity index (χ1n) is 14.8. The predicted octanol–water partition coefficient (Wildman–Crippen LogP) is 5.16. The number of nitrogens with one attached hydrogen (secondary N) is 2. The van der Waals surface area contributed by atoms with Crippen LogP contribution in [0, 0.1) is 46.3 Å². The molecular formula is C30H54N2O3. The first-order chi connectivity index (χ1) is 16.6. The van der Waals surface area contributed by atoms with E-state index in [9.17, 15) is 9.90 Å². The molecule has 0 spiro atoms. The normalized spacial score (nSPS) is 43.8. The van der Waals surface area contributed by atoms with E-state index in [1.165, 1.54) is 45.6 Å². The van der Waals surface area contributed by atoms with Gasteiger partial charge in [0.25, 0.3) is 0 Å². The molecule has 0 bridgehead atoms. The minimum Gasteiger partial charge on any atom is -0.469 e. The van der Waals surface area contributed by atoms with E-state index < -0.39 is 0 Å². The number of hydrogen-bond donors (Lipinski definition) is 3. The van der Waals surface area contributed by atoms with Gasteiger partial charge in [-0.2, -0.15) is 0 Å². The van der Waals surface area contributed by atoms with Crippen molar-refractivity contribution in [2.75, 3.05) is 20.2 Å². The number of hydrogen-bond acceptors (Lipinski definition) is 5. The van der Waals surface area contributed by atoms with E-state index >= 15 is 0 Å². The van der Waals surface area contributed by atoms with Crippen LogP contribution in [0.1, 0.15) is 98.8 Å². The molecule has 4 aliphatic carbocycles. The Kier molecular flexibility index (Phi) is 8.60. The number of aliphatic hydroxyl groups excluding tert-OH is 1. The van der Waals surface area contributed by atoms with Gasteiger partial charge in [-0.25, -0.2) is 0 Å². The van der Waals surface area contributed by atoms with Crippen molar-refractivity contribution in [3.63, 3.8) is 0 Å². The van der Waals surface area contributed by atoms with Crippen LogP contribution in [0.3, 0.4) is 0 Å². The Bertz CT molecular complexity index is 728. The van der Waals surface area contributed by atoms with E-state index in [-0.39, 0.29) is 17.5 Å². The molecule has 5 heteroatoms. The average molecular weight is 491 g/mol. The summed E-state index contributed by atoms with van der Waals surface area (Å²) in [7, 11) is 1.50. The van der Waals surface area contributed by atoms with Gasteiger partial charge in [-0.3, -0.25) is 4.79 Å². The largest absolute Gasteiger partial charge is 0.469 e. The van der Waals surface area contributed by atoms with Crippen molar-refractivity contribution in [3.05, 3.63) is 0 Å². The zero-order chi connectivity index (χ0) is 25.4. The minimum atomic E-state index is -0.155. The van der Waals surface area contributed by atoms with Crippen LogP contribution in [0.15, 0.2) is 0 Å². The Balaban J connectivity index is 1.40. The van der Waals surface area contributed by atoms with E-state index in [4.69, 9.17) is 4.74 Å². The zero-order valence-corrected chi connectivity index (χ0v) is 23.4. The topological polar surface area (TPSA) is 70.6 Å². The summed E-state index contributed by atoms with van der Waals surface area (Å²) in [5.74, 6) is 3.79. The van der Waals surface area contributed by atoms with Crippen molar-refractivity contribution >= 4 is 5.97 Å². The fourth-order valence-corrected chi connectivity index (χ4v) is 9.75. The van der Waals surface area contributed by atoms with Gasteiger partial charge in [-0.05, 0) is 104 Å². The third-order valence-electron chi connectivity index (χ3n) is 11.6. The second-order valence-corrected chi connectivity index (χ2v) is 13.6. The van der Waals surface area contributed by atoms with Crippen LogP contribution in [-0.2, 0) is 9.53 Å². The first-order valence-corrected chi connectivity index (χ1v) is 14.8. The van der Waals surface area contributed by atoms with Gasteiger partial charge < -0.3 is 20.5 Å². The number of carbonyl (C=O) groups is 1. The van der Waals surface area contributed by atoms with Gasteiger partial charge in [0.2, 0.25) is 0 Å². The molecule has 10 atom stereocenters. The third-order valence-corrected chi connectivity index (χ3v) is 11.6. The number of rotatable bonds is 9. The van der Waals surface area contributed by atoms with Crippen molar-refractivity contribution in [2.45, 2.75) is 117 Å². The summed E-state index contributed by atoms with van der Waals surface area (Å²) in [4.78, 5) is 11.8. The SMILES string of the molecule is COC(=O)CC[C@@H](C)[C@H]1CCC2C3C[C@@H](O)[C@H]4C[C@H](NCCNC(C)C)CC[C@]4(C)C3CC[C@@]21C. The maximum atomic E-state index is 11.8. The van der Waals surface area contributed by atoms with Crippen LogP contribution in [0.25, 0.3) is 0 Å². The van der Waals surface area contributed by atoms with Crippen molar-refractivity contribution in [1.82, 2.24) is 10.6 Å². The van der Waals surface area contributed by atoms with Crippen LogP contribution in [0.2, 0.25) is 0 Å². The van der Waals surface area contributed by atoms with E-state index in [2.05, 4.69) is 45.3 Å². The maximum Gasteiger partial charge on any atom is 0.305 e. The van der Waals surface area contributed by atoms with Crippen molar-refractivity contribution in [1.29, 1.82) is 0 Å². The lowest BCUT2D eigenvalue weighted by Crippen LogP contribution is -2.59. The van der Waals surface area contributed by atoms with Crippen LogP contribution >= 0.6 is 0 Å². The van der Waals surface area contributed by atoms with Crippen LogP contribution in [0.5, 0.6) is 0 Å². The van der Waals surface area contributed by atoms with E-state index in [1.54, 1.807) is 0 Å². The molecule has 0 aliphatic heterocycles. The average Bonchev–Trinajstić information content (AvgIpc) is 3.18. The van der Waals surface area contributed by atoms with Gasteiger partial charge in [0.15, 0.2) is 0 Å². The second-order valence-electron chi connectivity index (χ2n) is 13.6. The molecule has 202 valence electrons. The zero-order valence-electron chi connectivity index (χ0n) is 23.4. The highest BCUT2D eigenvalue weighted by Gasteiger charge is 2.62. The second kappa shape index (κ2) is 11.0. The molecule has 0 heterocycles. The maximum absolute atomic E-state index is 11.8. The van der Waals surface area contributed by atoms with Gasteiger partial charge in [-0.1, -0.05) is 34.6 Å². The number of methoxy groups -OCH3 is 1. The third kappa shape index (κ3) is 5.34. The summed E-state index contributed by atoms with van der Waals surface area (Å²) in [6, 6.07) is 1.08. The van der Waals surface area contributed by atoms with E-state index in [0.29, 0.717) is 47.6 Å². The fraction of sp³-hybridized carbons (Fsp3) is 0.967. The molecule has 4 rings (SSSR count). The van der Waals surface area contributed by atoms with Crippen LogP contribution < -0.4 is 10.6 Å². The highest BCUT2D eigenvalue weighted by Crippen LogP contribution is 2.68. The molecule has 4 saturated carbocycles. The molecule has 0 aromatic heterocycles. The summed E-state index contributed by atoms with van der Waals surface area (Å²) in [6.45, 7) is 13.9. The molecule has 5 nitrogen and oxygen atoms in total. The summed E-state index contributed by atoms with van der Waals surface area (Å²) in [5.41, 5.74) is 0.647. The van der Waals surface area contributed by atoms with Crippen molar-refractivity contribution in [3.8, 4) is 0 Å². The molecule has 0 saturated heterocycles. The molecule has 0 aromatic rings. The number of ether oxygens (including phenoxy) is 1. The Hall–Kier alpha value is -0.650. The van der Waals surface area contributed by atoms with Gasteiger partial charge in [0.1, 0.15) is 0 Å². The Morgan fingerprint density at radius 1 is 0.971 bits per heavy atom. The molecule has 0 aromatic carbocycles. The van der Waals surface area contributed by atoms with Gasteiger partial charge >= 0.3 is 5.97 Å². The first kappa shape index (κ1) is 27.4. The minimum absolute atomic E-state index is 0.0732. The lowest BCUT2D eigenvalue weighted by molar-refractivity contribution is -0.162. The molecule has 3 N–H and O–H groups in total. The summed E-state index contributed by atoms with van der Waals surface area (Å²) < 4.78 is 4.91. The number of carbonyl (C=O) groups excluding carboxylic acids is 1.